The number of rotatable bonds is 4. The molecule has 0 saturated carbocycles. The molecule has 0 fully saturated rings. The summed E-state index contributed by atoms with van der Waals surface area (Å²) in [4.78, 5) is 20.6. The summed E-state index contributed by atoms with van der Waals surface area (Å²) >= 11 is 7.06. The van der Waals surface area contributed by atoms with E-state index >= 15 is 0 Å². The minimum Gasteiger partial charge on any atom is -0.369 e. The van der Waals surface area contributed by atoms with Crippen LogP contribution in [-0.4, -0.2) is 26.2 Å². The van der Waals surface area contributed by atoms with Gasteiger partial charge < -0.3 is 10.6 Å². The summed E-state index contributed by atoms with van der Waals surface area (Å²) in [6.07, 6.45) is 0. The lowest BCUT2D eigenvalue weighted by atomic mass is 10.1. The average molecular weight is 396 g/mol. The number of fused-ring (bicyclic) bond motifs is 1. The second-order valence-corrected chi connectivity index (χ2v) is 7.63. The molecule has 27 heavy (non-hydrogen) atoms. The van der Waals surface area contributed by atoms with Crippen molar-refractivity contribution in [2.75, 3.05) is 12.8 Å². The summed E-state index contributed by atoms with van der Waals surface area (Å²) in [5.74, 6) is 0.841. The largest absolute Gasteiger partial charge is 0.369 e. The van der Waals surface area contributed by atoms with Crippen molar-refractivity contribution < 1.29 is 0 Å². The average Bonchev–Trinajstić information content (AvgIpc) is 2.66. The number of nitriles is 1. The summed E-state index contributed by atoms with van der Waals surface area (Å²) in [6.45, 7) is 0.582. The Labute approximate surface area is 166 Å². The van der Waals surface area contributed by atoms with Crippen LogP contribution in [-0.2, 0) is 12.3 Å². The van der Waals surface area contributed by atoms with Crippen LogP contribution in [0.4, 0.5) is 5.95 Å². The molecule has 0 unspecified atom stereocenters. The van der Waals surface area contributed by atoms with Crippen molar-refractivity contribution in [1.82, 2.24) is 14.9 Å². The Kier molecular flexibility index (Phi) is 5.74. The molecule has 0 bridgehead atoms. The summed E-state index contributed by atoms with van der Waals surface area (Å²) < 4.78 is 0.754. The number of thiocarbonyl (C=S) groups is 1. The molecule has 136 valence electrons. The standard InChI is InChI=1S/C19H17N5OS2/c1-24(19(26)27-11-13-4-2-12(9-20)3-5-13)10-14-6-7-16-15(8-14)17(25)23-18(21)22-16/h2-8H,10-11H2,1H3,(H3,21,22,23,25). The van der Waals surface area contributed by atoms with Gasteiger partial charge in [0.15, 0.2) is 0 Å². The van der Waals surface area contributed by atoms with Crippen LogP contribution in [0, 0.1) is 11.3 Å². The molecule has 3 N–H and O–H groups in total. The highest BCUT2D eigenvalue weighted by Crippen LogP contribution is 2.19. The molecule has 1 aromatic heterocycles. The van der Waals surface area contributed by atoms with E-state index in [2.05, 4.69) is 16.0 Å². The molecular formula is C19H17N5OS2. The quantitative estimate of drug-likeness (QED) is 0.655. The Morgan fingerprint density at radius 2 is 2.00 bits per heavy atom. The summed E-state index contributed by atoms with van der Waals surface area (Å²) in [5.41, 5.74) is 8.60. The fourth-order valence-corrected chi connectivity index (χ4v) is 3.58. The van der Waals surface area contributed by atoms with Gasteiger partial charge in [-0.1, -0.05) is 42.2 Å². The molecule has 0 spiro atoms. The molecule has 8 heteroatoms. The van der Waals surface area contributed by atoms with Crippen molar-refractivity contribution >= 4 is 45.2 Å². The van der Waals surface area contributed by atoms with Gasteiger partial charge in [-0.2, -0.15) is 5.26 Å². The van der Waals surface area contributed by atoms with Gasteiger partial charge in [-0.3, -0.25) is 9.78 Å². The first-order valence-corrected chi connectivity index (χ1v) is 9.51. The van der Waals surface area contributed by atoms with Gasteiger partial charge in [0.1, 0.15) is 4.32 Å². The lowest BCUT2D eigenvalue weighted by Gasteiger charge is -2.19. The maximum atomic E-state index is 12.0. The lowest BCUT2D eigenvalue weighted by Crippen LogP contribution is -2.22. The number of nitrogens with one attached hydrogen (secondary N) is 1. The fourth-order valence-electron chi connectivity index (χ4n) is 2.57. The maximum Gasteiger partial charge on any atom is 0.260 e. The molecule has 6 nitrogen and oxygen atoms in total. The highest BCUT2D eigenvalue weighted by Gasteiger charge is 2.09. The predicted molar refractivity (Wildman–Crippen MR) is 113 cm³/mol. The Balaban J connectivity index is 1.64. The van der Waals surface area contributed by atoms with E-state index in [1.807, 2.05) is 36.2 Å². The molecule has 0 amide bonds. The van der Waals surface area contributed by atoms with E-state index < -0.39 is 0 Å². The van der Waals surface area contributed by atoms with E-state index in [9.17, 15) is 4.79 Å². The first-order valence-electron chi connectivity index (χ1n) is 8.11. The molecule has 0 aliphatic carbocycles. The second-order valence-electron chi connectivity index (χ2n) is 6.02. The molecule has 0 aliphatic rings. The molecule has 3 rings (SSSR count). The van der Waals surface area contributed by atoms with Gasteiger partial charge in [0.05, 0.1) is 22.5 Å². The van der Waals surface area contributed by atoms with Crippen LogP contribution in [0.1, 0.15) is 16.7 Å². The highest BCUT2D eigenvalue weighted by molar-refractivity contribution is 8.22. The Morgan fingerprint density at radius 1 is 1.30 bits per heavy atom. The molecule has 0 radical (unpaired) electrons. The zero-order valence-corrected chi connectivity index (χ0v) is 16.2. The van der Waals surface area contributed by atoms with Crippen LogP contribution in [0.25, 0.3) is 10.9 Å². The number of benzene rings is 2. The molecule has 0 saturated heterocycles. The molecular weight excluding hydrogens is 378 g/mol. The van der Waals surface area contributed by atoms with Crippen LogP contribution in [0.3, 0.4) is 0 Å². The number of nitrogen functional groups attached to an aromatic ring is 1. The third kappa shape index (κ3) is 4.64. The number of hydrogen-bond acceptors (Lipinski definition) is 6. The zero-order valence-electron chi connectivity index (χ0n) is 14.6. The molecule has 2 aromatic carbocycles. The zero-order chi connectivity index (χ0) is 19.4. The Morgan fingerprint density at radius 3 is 2.70 bits per heavy atom. The van der Waals surface area contributed by atoms with Crippen molar-refractivity contribution in [2.45, 2.75) is 12.3 Å². The van der Waals surface area contributed by atoms with E-state index in [4.69, 9.17) is 23.2 Å². The van der Waals surface area contributed by atoms with Crippen LogP contribution in [0.15, 0.2) is 47.3 Å². The van der Waals surface area contributed by atoms with E-state index in [-0.39, 0.29) is 11.5 Å². The smallest absolute Gasteiger partial charge is 0.260 e. The topological polar surface area (TPSA) is 98.8 Å². The van der Waals surface area contributed by atoms with Gasteiger partial charge in [-0.25, -0.2) is 4.98 Å². The normalized spacial score (nSPS) is 10.5. The molecule has 0 aliphatic heterocycles. The SMILES string of the molecule is CN(Cc1ccc2nc(N)[nH]c(=O)c2c1)C(=S)SCc1ccc(C#N)cc1. The van der Waals surface area contributed by atoms with Crippen LogP contribution in [0.2, 0.25) is 0 Å². The Bertz CT molecular complexity index is 1090. The third-order valence-corrected chi connectivity index (χ3v) is 5.67. The first-order chi connectivity index (χ1) is 13.0. The van der Waals surface area contributed by atoms with Crippen molar-refractivity contribution in [2.24, 2.45) is 0 Å². The first kappa shape index (κ1) is 18.9. The van der Waals surface area contributed by atoms with Gasteiger partial charge in [-0.15, -0.1) is 0 Å². The number of thioether (sulfide) groups is 1. The lowest BCUT2D eigenvalue weighted by molar-refractivity contribution is 0.519. The maximum absolute atomic E-state index is 12.0. The molecule has 1 heterocycles. The number of H-pyrrole nitrogens is 1. The van der Waals surface area contributed by atoms with Crippen molar-refractivity contribution in [3.8, 4) is 6.07 Å². The summed E-state index contributed by atoms with van der Waals surface area (Å²) in [6, 6.07) is 15.1. The van der Waals surface area contributed by atoms with Gasteiger partial charge in [0.25, 0.3) is 5.56 Å². The molecule has 3 aromatic rings. The van der Waals surface area contributed by atoms with E-state index in [0.717, 1.165) is 21.2 Å². The fraction of sp³-hybridized carbons (Fsp3) is 0.158. The molecule has 0 atom stereocenters. The minimum absolute atomic E-state index is 0.109. The highest BCUT2D eigenvalue weighted by atomic mass is 32.2. The number of aromatic nitrogens is 2. The monoisotopic (exact) mass is 395 g/mol. The van der Waals surface area contributed by atoms with E-state index in [1.165, 1.54) is 0 Å². The number of hydrogen-bond donors (Lipinski definition) is 2. The van der Waals surface area contributed by atoms with Crippen molar-refractivity contribution in [3.05, 3.63) is 69.5 Å². The summed E-state index contributed by atoms with van der Waals surface area (Å²) in [5, 5.41) is 9.35. The van der Waals surface area contributed by atoms with Gasteiger partial charge >= 0.3 is 0 Å². The number of anilines is 1. The number of nitrogens with two attached hydrogens (primary N) is 1. The minimum atomic E-state index is -0.250. The predicted octanol–water partition coefficient (Wildman–Crippen LogP) is 3.03. The Hall–Kier alpha value is -2.89. The van der Waals surface area contributed by atoms with Crippen LogP contribution >= 0.6 is 24.0 Å². The van der Waals surface area contributed by atoms with Crippen LogP contribution in [0.5, 0.6) is 0 Å². The number of aromatic amines is 1. The van der Waals surface area contributed by atoms with Gasteiger partial charge in [-0.05, 0) is 35.4 Å². The number of nitrogens with zero attached hydrogens (tertiary/aromatic N) is 3. The van der Waals surface area contributed by atoms with Crippen molar-refractivity contribution in [3.63, 3.8) is 0 Å². The van der Waals surface area contributed by atoms with E-state index in [1.54, 1.807) is 30.0 Å². The van der Waals surface area contributed by atoms with E-state index in [0.29, 0.717) is 23.0 Å². The van der Waals surface area contributed by atoms with Crippen LogP contribution < -0.4 is 11.3 Å². The third-order valence-electron chi connectivity index (χ3n) is 3.96. The van der Waals surface area contributed by atoms with Crippen molar-refractivity contribution in [1.29, 1.82) is 5.26 Å². The summed E-state index contributed by atoms with van der Waals surface area (Å²) in [7, 11) is 1.92. The van der Waals surface area contributed by atoms with Gasteiger partial charge in [0, 0.05) is 19.3 Å². The second kappa shape index (κ2) is 8.20. The van der Waals surface area contributed by atoms with Gasteiger partial charge in [0.2, 0.25) is 5.95 Å².